The Morgan fingerprint density at radius 2 is 1.63 bits per heavy atom. The molecule has 1 N–H and O–H groups in total. The number of amides is 1. The van der Waals surface area contributed by atoms with E-state index >= 15 is 0 Å². The molecule has 1 unspecified atom stereocenters. The van der Waals surface area contributed by atoms with Crippen molar-refractivity contribution in [3.05, 3.63) is 96.2 Å². The van der Waals surface area contributed by atoms with Crippen LogP contribution in [0.1, 0.15) is 17.5 Å². The number of carbonyl (C=O) groups excluding carboxylic acids is 1. The van der Waals surface area contributed by atoms with E-state index in [-0.39, 0.29) is 25.0 Å². The Kier molecular flexibility index (Phi) is 7.84. The van der Waals surface area contributed by atoms with Crippen LogP contribution in [0.15, 0.2) is 85.1 Å². The summed E-state index contributed by atoms with van der Waals surface area (Å²) in [5, 5.41) is 1.24. The number of benzene rings is 3. The molecule has 0 spiro atoms. The summed E-state index contributed by atoms with van der Waals surface area (Å²) in [7, 11) is -3.60. The molecule has 4 aromatic rings. The molecular formula is C32H37N5O3S. The highest BCUT2D eigenvalue weighted by Gasteiger charge is 2.35. The number of carbonyl (C=O) groups is 1. The lowest BCUT2D eigenvalue weighted by molar-refractivity contribution is -0.119. The number of nitrogens with one attached hydrogen (secondary N) is 1. The van der Waals surface area contributed by atoms with Gasteiger partial charge in [-0.05, 0) is 48.2 Å². The Bertz CT molecular complexity index is 1610. The van der Waals surface area contributed by atoms with Crippen LogP contribution in [0.4, 0.5) is 11.4 Å². The van der Waals surface area contributed by atoms with Crippen LogP contribution in [0.3, 0.4) is 0 Å². The van der Waals surface area contributed by atoms with Gasteiger partial charge in [-0.15, -0.1) is 0 Å². The van der Waals surface area contributed by atoms with Gasteiger partial charge in [-0.1, -0.05) is 54.6 Å². The molecule has 3 heterocycles. The van der Waals surface area contributed by atoms with Crippen molar-refractivity contribution in [1.82, 2.24) is 14.2 Å². The smallest absolute Gasteiger partial charge is 0.242 e. The fourth-order valence-electron chi connectivity index (χ4n) is 6.23. The summed E-state index contributed by atoms with van der Waals surface area (Å²) < 4.78 is 26.8. The molecular weight excluding hydrogens is 534 g/mol. The third kappa shape index (κ3) is 6.02. The van der Waals surface area contributed by atoms with E-state index in [0.717, 1.165) is 67.9 Å². The second kappa shape index (κ2) is 11.7. The van der Waals surface area contributed by atoms with E-state index in [1.165, 1.54) is 21.6 Å². The van der Waals surface area contributed by atoms with Gasteiger partial charge in [0.05, 0.1) is 12.8 Å². The summed E-state index contributed by atoms with van der Waals surface area (Å²) in [4.78, 5) is 24.1. The van der Waals surface area contributed by atoms with Crippen molar-refractivity contribution >= 4 is 38.2 Å². The SMILES string of the molecule is CS(=O)(=O)N(CC(=O)N1c2ccccc2CCC1CN1CCN(c2cccc3[nH]ccc23)CC1)Cc1ccccc1. The number of rotatable bonds is 8. The summed E-state index contributed by atoms with van der Waals surface area (Å²) in [6.45, 7) is 4.39. The molecule has 1 atom stereocenters. The predicted molar refractivity (Wildman–Crippen MR) is 165 cm³/mol. The zero-order chi connectivity index (χ0) is 28.4. The largest absolute Gasteiger partial charge is 0.368 e. The minimum absolute atomic E-state index is 0.0183. The molecule has 0 bridgehead atoms. The van der Waals surface area contributed by atoms with Crippen LogP contribution in [-0.2, 0) is 27.8 Å². The number of piperazine rings is 1. The number of fused-ring (bicyclic) bond motifs is 2. The van der Waals surface area contributed by atoms with Gasteiger partial charge in [0.15, 0.2) is 0 Å². The Labute approximate surface area is 242 Å². The van der Waals surface area contributed by atoms with E-state index in [2.05, 4.69) is 45.1 Å². The summed E-state index contributed by atoms with van der Waals surface area (Å²) in [5.41, 5.74) is 5.30. The average molecular weight is 572 g/mol. The van der Waals surface area contributed by atoms with Gasteiger partial charge >= 0.3 is 0 Å². The first kappa shape index (κ1) is 27.5. The molecule has 1 aromatic heterocycles. The molecule has 0 aliphatic carbocycles. The highest BCUT2D eigenvalue weighted by molar-refractivity contribution is 7.88. The number of nitrogens with zero attached hydrogens (tertiary/aromatic N) is 4. The van der Waals surface area contributed by atoms with Gasteiger partial charge in [0, 0.05) is 73.8 Å². The summed E-state index contributed by atoms with van der Waals surface area (Å²) in [6.07, 6.45) is 4.92. The van der Waals surface area contributed by atoms with E-state index in [1.807, 2.05) is 59.6 Å². The third-order valence-corrected chi connectivity index (χ3v) is 9.56. The van der Waals surface area contributed by atoms with E-state index in [9.17, 15) is 13.2 Å². The maximum atomic E-state index is 14.0. The van der Waals surface area contributed by atoms with Crippen molar-refractivity contribution in [3.8, 4) is 0 Å². The lowest BCUT2D eigenvalue weighted by Gasteiger charge is -2.43. The molecule has 6 rings (SSSR count). The summed E-state index contributed by atoms with van der Waals surface area (Å²) in [6, 6.07) is 26.0. The van der Waals surface area contributed by atoms with E-state index in [0.29, 0.717) is 0 Å². The molecule has 0 radical (unpaired) electrons. The number of H-pyrrole nitrogens is 1. The van der Waals surface area contributed by atoms with Crippen molar-refractivity contribution in [2.24, 2.45) is 0 Å². The number of aromatic nitrogens is 1. The first-order chi connectivity index (χ1) is 19.9. The summed E-state index contributed by atoms with van der Waals surface area (Å²) in [5.74, 6) is -0.179. The van der Waals surface area contributed by atoms with Crippen LogP contribution < -0.4 is 9.80 Å². The number of para-hydroxylation sites is 1. The second-order valence-corrected chi connectivity index (χ2v) is 13.1. The fraction of sp³-hybridized carbons (Fsp3) is 0.344. The number of aryl methyl sites for hydroxylation is 1. The predicted octanol–water partition coefficient (Wildman–Crippen LogP) is 4.10. The zero-order valence-electron chi connectivity index (χ0n) is 23.4. The van der Waals surface area contributed by atoms with Crippen molar-refractivity contribution < 1.29 is 13.2 Å². The third-order valence-electron chi connectivity index (χ3n) is 8.37. The first-order valence-electron chi connectivity index (χ1n) is 14.3. The van der Waals surface area contributed by atoms with E-state index in [4.69, 9.17) is 0 Å². The van der Waals surface area contributed by atoms with Crippen molar-refractivity contribution in [2.75, 3.05) is 55.3 Å². The second-order valence-electron chi connectivity index (χ2n) is 11.1. The van der Waals surface area contributed by atoms with Crippen molar-refractivity contribution in [2.45, 2.75) is 25.4 Å². The number of anilines is 2. The number of aromatic amines is 1. The Morgan fingerprint density at radius 3 is 2.41 bits per heavy atom. The molecule has 8 nitrogen and oxygen atoms in total. The molecule has 1 saturated heterocycles. The highest BCUT2D eigenvalue weighted by Crippen LogP contribution is 2.32. The topological polar surface area (TPSA) is 80.0 Å². The maximum Gasteiger partial charge on any atom is 0.242 e. The average Bonchev–Trinajstić information content (AvgIpc) is 3.46. The monoisotopic (exact) mass is 571 g/mol. The lowest BCUT2D eigenvalue weighted by Crippen LogP contribution is -2.55. The molecule has 0 saturated carbocycles. The maximum absolute atomic E-state index is 14.0. The summed E-state index contributed by atoms with van der Waals surface area (Å²) >= 11 is 0. The first-order valence-corrected chi connectivity index (χ1v) is 16.1. The lowest BCUT2D eigenvalue weighted by atomic mass is 9.95. The zero-order valence-corrected chi connectivity index (χ0v) is 24.3. The van der Waals surface area contributed by atoms with Crippen LogP contribution in [0.2, 0.25) is 0 Å². The molecule has 214 valence electrons. The fourth-order valence-corrected chi connectivity index (χ4v) is 6.96. The van der Waals surface area contributed by atoms with Crippen LogP contribution >= 0.6 is 0 Å². The molecule has 2 aliphatic heterocycles. The van der Waals surface area contributed by atoms with Crippen LogP contribution in [-0.4, -0.2) is 80.1 Å². The molecule has 2 aliphatic rings. The molecule has 1 amide bonds. The standard InChI is InChI=1S/C32H37N5O3S/c1-41(39,40)36(22-25-8-3-2-4-9-25)24-32(38)37-27(15-14-26-10-5-6-12-30(26)37)23-34-18-20-35(21-19-34)31-13-7-11-29-28(31)16-17-33-29/h2-13,16-17,27,33H,14-15,18-24H2,1H3. The number of hydrogen-bond donors (Lipinski definition) is 1. The Morgan fingerprint density at radius 1 is 0.902 bits per heavy atom. The Balaban J connectivity index is 1.18. The minimum atomic E-state index is -3.60. The number of sulfonamides is 1. The molecule has 9 heteroatoms. The van der Waals surface area contributed by atoms with Gasteiger partial charge in [-0.2, -0.15) is 4.31 Å². The van der Waals surface area contributed by atoms with Crippen LogP contribution in [0, 0.1) is 0 Å². The van der Waals surface area contributed by atoms with Crippen molar-refractivity contribution in [1.29, 1.82) is 0 Å². The van der Waals surface area contributed by atoms with Gasteiger partial charge in [0.2, 0.25) is 15.9 Å². The van der Waals surface area contributed by atoms with Gasteiger partial charge in [-0.3, -0.25) is 9.69 Å². The van der Waals surface area contributed by atoms with E-state index in [1.54, 1.807) is 0 Å². The van der Waals surface area contributed by atoms with Gasteiger partial charge in [0.1, 0.15) is 0 Å². The quantitative estimate of drug-likeness (QED) is 0.345. The van der Waals surface area contributed by atoms with Gasteiger partial charge < -0.3 is 14.8 Å². The van der Waals surface area contributed by atoms with Gasteiger partial charge in [0.25, 0.3) is 0 Å². The van der Waals surface area contributed by atoms with Gasteiger partial charge in [-0.25, -0.2) is 8.42 Å². The van der Waals surface area contributed by atoms with Crippen LogP contribution in [0.25, 0.3) is 10.9 Å². The highest BCUT2D eigenvalue weighted by atomic mass is 32.2. The molecule has 1 fully saturated rings. The normalized spacial score (nSPS) is 18.1. The van der Waals surface area contributed by atoms with E-state index < -0.39 is 10.0 Å². The molecule has 41 heavy (non-hydrogen) atoms. The number of hydrogen-bond acceptors (Lipinski definition) is 5. The van der Waals surface area contributed by atoms with Crippen LogP contribution in [0.5, 0.6) is 0 Å². The van der Waals surface area contributed by atoms with Crippen molar-refractivity contribution in [3.63, 3.8) is 0 Å². The minimum Gasteiger partial charge on any atom is -0.368 e. The molecule has 3 aromatic carbocycles. The Hall–Kier alpha value is -3.66.